The lowest BCUT2D eigenvalue weighted by atomic mass is 10.2. The highest BCUT2D eigenvalue weighted by atomic mass is 32.2. The number of β-amino-alcohol motifs (C(OH)–C–C–N with tert-alkyl or cyclic N) is 1. The molecular formula is C19H30N2O4S. The Bertz CT molecular complexity index is 548. The molecule has 0 spiro atoms. The molecule has 2 aliphatic heterocycles. The van der Waals surface area contributed by atoms with Crippen LogP contribution in [-0.4, -0.2) is 92.2 Å². The van der Waals surface area contributed by atoms with Crippen molar-refractivity contribution in [2.24, 2.45) is 0 Å². The zero-order valence-corrected chi connectivity index (χ0v) is 16.4. The first-order valence-corrected chi connectivity index (χ1v) is 10.5. The maximum Gasteiger partial charge on any atom is 0.161 e. The standard InChI is InChI=1S/C19H30N2O4S/c1-23-19-12-16(13-21-6-10-26-11-7-21)2-3-18(19)25-15-17(22)14-20-4-8-24-9-5-20/h2-3,12,17,22H,4-11,13-15H2,1H3/t17-/m0/s1. The van der Waals surface area contributed by atoms with Gasteiger partial charge in [-0.05, 0) is 17.7 Å². The third-order valence-electron chi connectivity index (χ3n) is 4.74. The van der Waals surface area contributed by atoms with Crippen molar-refractivity contribution in [1.82, 2.24) is 9.80 Å². The number of nitrogens with zero attached hydrogens (tertiary/aromatic N) is 2. The highest BCUT2D eigenvalue weighted by Crippen LogP contribution is 2.29. The van der Waals surface area contributed by atoms with Crippen LogP contribution >= 0.6 is 11.8 Å². The fraction of sp³-hybridized carbons (Fsp3) is 0.684. The second-order valence-electron chi connectivity index (χ2n) is 6.75. The molecule has 0 aliphatic carbocycles. The van der Waals surface area contributed by atoms with Gasteiger partial charge in [0.15, 0.2) is 11.5 Å². The van der Waals surface area contributed by atoms with Gasteiger partial charge in [0.1, 0.15) is 12.7 Å². The lowest BCUT2D eigenvalue weighted by Gasteiger charge is -2.28. The molecule has 146 valence electrons. The van der Waals surface area contributed by atoms with Gasteiger partial charge in [-0.25, -0.2) is 0 Å². The van der Waals surface area contributed by atoms with E-state index in [0.29, 0.717) is 12.3 Å². The van der Waals surface area contributed by atoms with Crippen LogP contribution in [0.1, 0.15) is 5.56 Å². The minimum Gasteiger partial charge on any atom is -0.493 e. The van der Waals surface area contributed by atoms with Gasteiger partial charge < -0.3 is 19.3 Å². The predicted octanol–water partition coefficient (Wildman–Crippen LogP) is 1.32. The van der Waals surface area contributed by atoms with Crippen molar-refractivity contribution in [1.29, 1.82) is 0 Å². The lowest BCUT2D eigenvalue weighted by Crippen LogP contribution is -2.42. The van der Waals surface area contributed by atoms with Crippen molar-refractivity contribution < 1.29 is 19.3 Å². The summed E-state index contributed by atoms with van der Waals surface area (Å²) < 4.78 is 16.7. The van der Waals surface area contributed by atoms with E-state index in [4.69, 9.17) is 14.2 Å². The van der Waals surface area contributed by atoms with Gasteiger partial charge in [0, 0.05) is 50.8 Å². The van der Waals surface area contributed by atoms with E-state index in [1.54, 1.807) is 7.11 Å². The van der Waals surface area contributed by atoms with Gasteiger partial charge in [0.05, 0.1) is 20.3 Å². The molecule has 7 heteroatoms. The Balaban J connectivity index is 1.50. The molecule has 1 N–H and O–H groups in total. The van der Waals surface area contributed by atoms with Crippen molar-refractivity contribution in [2.75, 3.05) is 71.2 Å². The smallest absolute Gasteiger partial charge is 0.161 e. The Labute approximate surface area is 160 Å². The predicted molar refractivity (Wildman–Crippen MR) is 104 cm³/mol. The summed E-state index contributed by atoms with van der Waals surface area (Å²) in [7, 11) is 1.66. The van der Waals surface area contributed by atoms with Gasteiger partial charge in [-0.3, -0.25) is 9.80 Å². The first kappa shape index (κ1) is 19.8. The molecule has 0 amide bonds. The van der Waals surface area contributed by atoms with E-state index in [9.17, 15) is 5.11 Å². The molecule has 26 heavy (non-hydrogen) atoms. The Hall–Kier alpha value is -0.990. The topological polar surface area (TPSA) is 54.4 Å². The zero-order valence-electron chi connectivity index (χ0n) is 15.6. The van der Waals surface area contributed by atoms with Crippen molar-refractivity contribution in [2.45, 2.75) is 12.6 Å². The summed E-state index contributed by atoms with van der Waals surface area (Å²) in [5.74, 6) is 3.83. The van der Waals surface area contributed by atoms with Crippen LogP contribution in [0, 0.1) is 0 Å². The monoisotopic (exact) mass is 382 g/mol. The summed E-state index contributed by atoms with van der Waals surface area (Å²) in [6.45, 7) is 7.28. The first-order chi connectivity index (χ1) is 12.7. The third kappa shape index (κ3) is 6.03. The molecule has 0 saturated carbocycles. The van der Waals surface area contributed by atoms with Crippen LogP contribution in [0.2, 0.25) is 0 Å². The summed E-state index contributed by atoms with van der Waals surface area (Å²) in [4.78, 5) is 4.67. The highest BCUT2D eigenvalue weighted by molar-refractivity contribution is 7.99. The average molecular weight is 383 g/mol. The van der Waals surface area contributed by atoms with Crippen molar-refractivity contribution in [3.63, 3.8) is 0 Å². The van der Waals surface area contributed by atoms with Crippen molar-refractivity contribution in [3.05, 3.63) is 23.8 Å². The van der Waals surface area contributed by atoms with E-state index < -0.39 is 6.10 Å². The fourth-order valence-corrected chi connectivity index (χ4v) is 4.25. The van der Waals surface area contributed by atoms with Crippen molar-refractivity contribution in [3.8, 4) is 11.5 Å². The fourth-order valence-electron chi connectivity index (χ4n) is 3.27. The number of hydrogen-bond donors (Lipinski definition) is 1. The molecule has 2 fully saturated rings. The first-order valence-electron chi connectivity index (χ1n) is 9.32. The Morgan fingerprint density at radius 3 is 2.62 bits per heavy atom. The summed E-state index contributed by atoms with van der Waals surface area (Å²) in [5, 5.41) is 10.2. The number of rotatable bonds is 8. The second kappa shape index (κ2) is 10.4. The molecule has 6 nitrogen and oxygen atoms in total. The van der Waals surface area contributed by atoms with Crippen LogP contribution in [0.3, 0.4) is 0 Å². The maximum atomic E-state index is 10.2. The number of methoxy groups -OCH3 is 1. The molecule has 1 atom stereocenters. The number of thioether (sulfide) groups is 1. The van der Waals surface area contributed by atoms with E-state index in [-0.39, 0.29) is 6.61 Å². The Morgan fingerprint density at radius 1 is 1.12 bits per heavy atom. The maximum absolute atomic E-state index is 10.2. The van der Waals surface area contributed by atoms with Gasteiger partial charge in [0.2, 0.25) is 0 Å². The number of aliphatic hydroxyl groups excluding tert-OH is 1. The minimum atomic E-state index is -0.525. The number of aliphatic hydroxyl groups is 1. The molecule has 0 unspecified atom stereocenters. The van der Waals surface area contributed by atoms with Crippen LogP contribution < -0.4 is 9.47 Å². The summed E-state index contributed by atoms with van der Waals surface area (Å²) in [6.07, 6.45) is -0.525. The van der Waals surface area contributed by atoms with Crippen molar-refractivity contribution >= 4 is 11.8 Å². The van der Waals surface area contributed by atoms with Crippen LogP contribution in [0.25, 0.3) is 0 Å². The molecular weight excluding hydrogens is 352 g/mol. The van der Waals surface area contributed by atoms with E-state index in [1.807, 2.05) is 23.9 Å². The zero-order chi connectivity index (χ0) is 18.2. The normalized spacial score (nSPS) is 20.7. The number of morpholine rings is 1. The number of ether oxygens (including phenoxy) is 3. The molecule has 3 rings (SSSR count). The van der Waals surface area contributed by atoms with E-state index in [0.717, 1.165) is 51.7 Å². The van der Waals surface area contributed by atoms with Crippen LogP contribution in [-0.2, 0) is 11.3 Å². The minimum absolute atomic E-state index is 0.260. The molecule has 0 radical (unpaired) electrons. The van der Waals surface area contributed by atoms with Gasteiger partial charge in [0.25, 0.3) is 0 Å². The Kier molecular flexibility index (Phi) is 7.88. The molecule has 1 aromatic carbocycles. The molecule has 0 bridgehead atoms. The SMILES string of the molecule is COc1cc(CN2CCSCC2)ccc1OC[C@@H](O)CN1CCOCC1. The summed E-state index contributed by atoms with van der Waals surface area (Å²) in [6, 6.07) is 6.09. The second-order valence-corrected chi connectivity index (χ2v) is 7.98. The Morgan fingerprint density at radius 2 is 1.88 bits per heavy atom. The third-order valence-corrected chi connectivity index (χ3v) is 5.68. The largest absolute Gasteiger partial charge is 0.493 e. The van der Waals surface area contributed by atoms with E-state index in [2.05, 4.69) is 15.9 Å². The molecule has 2 aliphatic rings. The van der Waals surface area contributed by atoms with Gasteiger partial charge >= 0.3 is 0 Å². The number of benzene rings is 1. The van der Waals surface area contributed by atoms with Gasteiger partial charge in [-0.1, -0.05) is 6.07 Å². The van der Waals surface area contributed by atoms with Gasteiger partial charge in [-0.15, -0.1) is 0 Å². The highest BCUT2D eigenvalue weighted by Gasteiger charge is 2.17. The molecule has 2 saturated heterocycles. The lowest BCUT2D eigenvalue weighted by molar-refractivity contribution is 0.00445. The van der Waals surface area contributed by atoms with Crippen LogP contribution in [0.4, 0.5) is 0 Å². The molecule has 2 heterocycles. The molecule has 0 aromatic heterocycles. The van der Waals surface area contributed by atoms with Gasteiger partial charge in [-0.2, -0.15) is 11.8 Å². The van der Waals surface area contributed by atoms with E-state index >= 15 is 0 Å². The summed E-state index contributed by atoms with van der Waals surface area (Å²) >= 11 is 2.02. The van der Waals surface area contributed by atoms with Crippen LogP contribution in [0.5, 0.6) is 11.5 Å². The van der Waals surface area contributed by atoms with E-state index in [1.165, 1.54) is 17.1 Å². The number of hydrogen-bond acceptors (Lipinski definition) is 7. The quantitative estimate of drug-likeness (QED) is 0.728. The average Bonchev–Trinajstić information content (AvgIpc) is 2.68. The molecule has 1 aromatic rings. The summed E-state index contributed by atoms with van der Waals surface area (Å²) in [5.41, 5.74) is 1.23. The van der Waals surface area contributed by atoms with Crippen LogP contribution in [0.15, 0.2) is 18.2 Å².